The Morgan fingerprint density at radius 2 is 2.00 bits per heavy atom. The van der Waals surface area contributed by atoms with Gasteiger partial charge in [0.05, 0.1) is 24.9 Å². The average Bonchev–Trinajstić information content (AvgIpc) is 3.04. The molecule has 1 aromatic carbocycles. The summed E-state index contributed by atoms with van der Waals surface area (Å²) in [6.45, 7) is 8.30. The molecule has 2 aliphatic heterocycles. The van der Waals surface area contributed by atoms with E-state index in [1.54, 1.807) is 0 Å². The molecule has 30 heavy (non-hydrogen) atoms. The fourth-order valence-electron chi connectivity index (χ4n) is 4.07. The molecule has 0 spiro atoms. The summed E-state index contributed by atoms with van der Waals surface area (Å²) in [5, 5.41) is 3.38. The fourth-order valence-corrected chi connectivity index (χ4v) is 4.07. The lowest BCUT2D eigenvalue weighted by atomic mass is 9.97. The van der Waals surface area contributed by atoms with Crippen molar-refractivity contribution in [1.82, 2.24) is 15.2 Å². The minimum absolute atomic E-state index is 0. The van der Waals surface area contributed by atoms with Crippen molar-refractivity contribution in [3.63, 3.8) is 0 Å². The lowest BCUT2D eigenvalue weighted by Crippen LogP contribution is -2.38. The predicted molar refractivity (Wildman–Crippen MR) is 128 cm³/mol. The second kappa shape index (κ2) is 10.5. The van der Waals surface area contributed by atoms with Gasteiger partial charge in [-0.1, -0.05) is 18.2 Å². The predicted octanol–water partition coefficient (Wildman–Crippen LogP) is 3.55. The van der Waals surface area contributed by atoms with Crippen molar-refractivity contribution in [2.75, 3.05) is 26.2 Å². The number of hydrogen-bond donors (Lipinski definition) is 2. The minimum atomic E-state index is 0. The highest BCUT2D eigenvalue weighted by atomic mass is 127. The van der Waals surface area contributed by atoms with E-state index in [4.69, 9.17) is 14.9 Å². The van der Waals surface area contributed by atoms with E-state index in [0.29, 0.717) is 18.5 Å². The Morgan fingerprint density at radius 1 is 1.23 bits per heavy atom. The topological polar surface area (TPSA) is 88.9 Å². The zero-order chi connectivity index (χ0) is 20.2. The van der Waals surface area contributed by atoms with Crippen LogP contribution in [0.15, 0.2) is 33.7 Å². The first-order valence-electron chi connectivity index (χ1n) is 10.5. The van der Waals surface area contributed by atoms with Crippen LogP contribution in [-0.4, -0.2) is 42.1 Å². The lowest BCUT2D eigenvalue weighted by Gasteiger charge is -2.30. The summed E-state index contributed by atoms with van der Waals surface area (Å²) in [5.74, 6) is 3.77. The first kappa shape index (κ1) is 22.9. The number of nitrogens with two attached hydrogens (primary N) is 1. The maximum Gasteiger partial charge on any atom is 0.208 e. The van der Waals surface area contributed by atoms with Gasteiger partial charge >= 0.3 is 0 Å². The number of para-hydroxylation sites is 1. The Labute approximate surface area is 195 Å². The lowest BCUT2D eigenvalue weighted by molar-refractivity contribution is 0.166. The molecule has 3 heterocycles. The van der Waals surface area contributed by atoms with E-state index in [1.165, 1.54) is 0 Å². The van der Waals surface area contributed by atoms with Gasteiger partial charge in [-0.2, -0.15) is 0 Å². The van der Waals surface area contributed by atoms with Gasteiger partial charge in [0, 0.05) is 18.5 Å². The van der Waals surface area contributed by atoms with Gasteiger partial charge in [-0.25, -0.2) is 4.98 Å². The van der Waals surface area contributed by atoms with Crippen LogP contribution in [0.1, 0.15) is 48.2 Å². The normalized spacial score (nSPS) is 20.2. The highest BCUT2D eigenvalue weighted by molar-refractivity contribution is 14.0. The number of fused-ring (bicyclic) bond motifs is 1. The number of benzene rings is 1. The largest absolute Gasteiger partial charge is 0.493 e. The molecule has 1 unspecified atom stereocenters. The number of nitrogens with one attached hydrogen (secondary N) is 1. The first-order valence-corrected chi connectivity index (χ1v) is 10.5. The van der Waals surface area contributed by atoms with Gasteiger partial charge in [0.25, 0.3) is 0 Å². The molecule has 164 valence electrons. The third-order valence-corrected chi connectivity index (χ3v) is 5.94. The van der Waals surface area contributed by atoms with E-state index in [9.17, 15) is 0 Å². The van der Waals surface area contributed by atoms with Crippen LogP contribution in [0.3, 0.4) is 0 Å². The molecular weight excluding hydrogens is 493 g/mol. The van der Waals surface area contributed by atoms with Crippen LogP contribution in [0, 0.1) is 19.8 Å². The number of aromatic nitrogens is 1. The van der Waals surface area contributed by atoms with Gasteiger partial charge in [0.2, 0.25) is 5.89 Å². The molecule has 0 radical (unpaired) electrons. The van der Waals surface area contributed by atoms with Crippen LogP contribution in [0.2, 0.25) is 0 Å². The number of hydrogen-bond acceptors (Lipinski definition) is 5. The number of halogens is 1. The quantitative estimate of drug-likeness (QED) is 0.353. The molecule has 8 heteroatoms. The zero-order valence-corrected chi connectivity index (χ0v) is 20.1. The summed E-state index contributed by atoms with van der Waals surface area (Å²) in [7, 11) is 0. The number of oxazole rings is 1. The number of aliphatic imine (C=N–C) groups is 1. The molecule has 0 amide bonds. The van der Waals surface area contributed by atoms with Gasteiger partial charge in [0.1, 0.15) is 11.5 Å². The number of nitrogens with zero attached hydrogens (tertiary/aromatic N) is 3. The molecule has 1 saturated heterocycles. The molecule has 0 bridgehead atoms. The average molecular weight is 525 g/mol. The zero-order valence-electron chi connectivity index (χ0n) is 17.8. The molecule has 2 aliphatic rings. The second-order valence-corrected chi connectivity index (χ2v) is 8.07. The molecule has 1 fully saturated rings. The molecule has 0 aliphatic carbocycles. The summed E-state index contributed by atoms with van der Waals surface area (Å²) in [6.07, 6.45) is 3.14. The standard InChI is InChI=1S/C22H31N5O2.HI/c1-15-16(2)29-21(25-15)14-27-10-7-17(8-11-27)13-24-22(23)26-19-9-12-28-20-6-4-3-5-18(19)20;/h3-6,17,19H,7-14H2,1-2H3,(H3,23,24,26);1H. The number of likely N-dealkylation sites (tertiary alicyclic amines) is 1. The minimum Gasteiger partial charge on any atom is -0.493 e. The van der Waals surface area contributed by atoms with Gasteiger partial charge in [-0.3, -0.25) is 9.89 Å². The van der Waals surface area contributed by atoms with Crippen molar-refractivity contribution >= 4 is 29.9 Å². The van der Waals surface area contributed by atoms with Crippen molar-refractivity contribution < 1.29 is 9.15 Å². The molecule has 1 aromatic heterocycles. The highest BCUT2D eigenvalue weighted by Gasteiger charge is 2.23. The van der Waals surface area contributed by atoms with Crippen LogP contribution < -0.4 is 15.8 Å². The van der Waals surface area contributed by atoms with E-state index in [0.717, 1.165) is 74.1 Å². The number of rotatable bonds is 5. The Bertz CT molecular complexity index is 841. The monoisotopic (exact) mass is 525 g/mol. The van der Waals surface area contributed by atoms with Crippen LogP contribution in [0.5, 0.6) is 5.75 Å². The van der Waals surface area contributed by atoms with Crippen molar-refractivity contribution in [2.24, 2.45) is 16.6 Å². The molecule has 4 rings (SSSR count). The van der Waals surface area contributed by atoms with Crippen LogP contribution in [0.25, 0.3) is 0 Å². The smallest absolute Gasteiger partial charge is 0.208 e. The van der Waals surface area contributed by atoms with Crippen molar-refractivity contribution in [2.45, 2.75) is 45.7 Å². The Kier molecular flexibility index (Phi) is 7.99. The van der Waals surface area contributed by atoms with Crippen molar-refractivity contribution in [1.29, 1.82) is 0 Å². The summed E-state index contributed by atoms with van der Waals surface area (Å²) < 4.78 is 11.4. The molecular formula is C22H32IN5O2. The number of ether oxygens (including phenoxy) is 1. The maximum absolute atomic E-state index is 6.19. The summed E-state index contributed by atoms with van der Waals surface area (Å²) >= 11 is 0. The number of piperidine rings is 1. The van der Waals surface area contributed by atoms with E-state index in [1.807, 2.05) is 32.0 Å². The van der Waals surface area contributed by atoms with Gasteiger partial charge in [-0.15, -0.1) is 24.0 Å². The van der Waals surface area contributed by atoms with Gasteiger partial charge < -0.3 is 20.2 Å². The molecule has 3 N–H and O–H groups in total. The Morgan fingerprint density at radius 3 is 2.73 bits per heavy atom. The third kappa shape index (κ3) is 5.66. The van der Waals surface area contributed by atoms with Crippen molar-refractivity contribution in [3.05, 3.63) is 47.2 Å². The number of guanidine groups is 1. The van der Waals surface area contributed by atoms with Crippen LogP contribution in [0.4, 0.5) is 0 Å². The van der Waals surface area contributed by atoms with Crippen LogP contribution in [-0.2, 0) is 6.54 Å². The molecule has 1 atom stereocenters. The third-order valence-electron chi connectivity index (χ3n) is 5.94. The van der Waals surface area contributed by atoms with E-state index < -0.39 is 0 Å². The highest BCUT2D eigenvalue weighted by Crippen LogP contribution is 2.31. The van der Waals surface area contributed by atoms with E-state index >= 15 is 0 Å². The summed E-state index contributed by atoms with van der Waals surface area (Å²) in [4.78, 5) is 11.5. The molecule has 0 saturated carbocycles. The first-order chi connectivity index (χ1) is 14.1. The summed E-state index contributed by atoms with van der Waals surface area (Å²) in [6, 6.07) is 8.29. The van der Waals surface area contributed by atoms with E-state index in [2.05, 4.69) is 26.3 Å². The van der Waals surface area contributed by atoms with Crippen LogP contribution >= 0.6 is 24.0 Å². The number of aryl methyl sites for hydroxylation is 2. The molecule has 2 aromatic rings. The molecule has 7 nitrogen and oxygen atoms in total. The van der Waals surface area contributed by atoms with E-state index in [-0.39, 0.29) is 30.0 Å². The maximum atomic E-state index is 6.19. The Balaban J connectivity index is 0.00000256. The van der Waals surface area contributed by atoms with Gasteiger partial charge in [-0.05, 0) is 51.8 Å². The summed E-state index contributed by atoms with van der Waals surface area (Å²) in [5.41, 5.74) is 8.33. The second-order valence-electron chi connectivity index (χ2n) is 8.07. The SMILES string of the molecule is Cc1nc(CN2CCC(CN=C(N)NC3CCOc4ccccc43)CC2)oc1C.I. The fraction of sp³-hybridized carbons (Fsp3) is 0.545. The van der Waals surface area contributed by atoms with Crippen molar-refractivity contribution in [3.8, 4) is 5.75 Å². The van der Waals surface area contributed by atoms with Gasteiger partial charge in [0.15, 0.2) is 5.96 Å². The Hall–Kier alpha value is -1.81.